The van der Waals surface area contributed by atoms with Crippen LogP contribution in [0.5, 0.6) is 5.75 Å². The van der Waals surface area contributed by atoms with E-state index >= 15 is 0 Å². The maximum absolute atomic E-state index is 13.6. The van der Waals surface area contributed by atoms with Crippen LogP contribution >= 0.6 is 0 Å². The molecule has 1 aromatic carbocycles. The molecule has 2 rings (SSSR count). The molecule has 1 aliphatic heterocycles. The van der Waals surface area contributed by atoms with Gasteiger partial charge in [0.1, 0.15) is 5.75 Å². The van der Waals surface area contributed by atoms with E-state index < -0.39 is 88.6 Å². The summed E-state index contributed by atoms with van der Waals surface area (Å²) in [7, 11) is 0. The first-order valence-electron chi connectivity index (χ1n) is 10.9. The standard InChI is InChI=1S/C21H17F18NO2/c1-12(2)7-8-13(3,40(12)42-15(19(31,32)33,20(34,35)36)21(37,38)39)10-5-4-6-11(9-10)41-14(16(22,23)24,17(25,26)27)18(28,29)30/h4-6,9H,7-8H2,1-3H3. The lowest BCUT2D eigenvalue weighted by Crippen LogP contribution is -2.71. The Balaban J connectivity index is 2.80. The van der Waals surface area contributed by atoms with Gasteiger partial charge in [0.05, 0.1) is 5.54 Å². The molecule has 1 aliphatic rings. The minimum absolute atomic E-state index is 0.0355. The van der Waals surface area contributed by atoms with Crippen molar-refractivity contribution >= 4 is 0 Å². The maximum atomic E-state index is 13.6. The molecular weight excluding hydrogens is 640 g/mol. The second kappa shape index (κ2) is 9.85. The van der Waals surface area contributed by atoms with Crippen LogP contribution in [0.1, 0.15) is 39.2 Å². The minimum atomic E-state index is -7.24. The molecule has 1 atom stereocenters. The van der Waals surface area contributed by atoms with Crippen molar-refractivity contribution in [2.45, 2.75) is 93.0 Å². The second-order valence-electron chi connectivity index (χ2n) is 9.95. The quantitative estimate of drug-likeness (QED) is 0.296. The fourth-order valence-electron chi connectivity index (χ4n) is 4.41. The van der Waals surface area contributed by atoms with Crippen molar-refractivity contribution in [3.05, 3.63) is 29.8 Å². The molecule has 0 aromatic heterocycles. The van der Waals surface area contributed by atoms with Gasteiger partial charge in [-0.1, -0.05) is 12.1 Å². The average molecular weight is 657 g/mol. The van der Waals surface area contributed by atoms with Gasteiger partial charge in [0, 0.05) is 5.54 Å². The van der Waals surface area contributed by atoms with Gasteiger partial charge in [-0.25, -0.2) is 0 Å². The lowest BCUT2D eigenvalue weighted by molar-refractivity contribution is -0.510. The third kappa shape index (κ3) is 5.42. The number of ether oxygens (including phenoxy) is 1. The normalized spacial score (nSPS) is 22.0. The first-order valence-corrected chi connectivity index (χ1v) is 10.9. The molecule has 1 heterocycles. The van der Waals surface area contributed by atoms with E-state index in [0.29, 0.717) is 19.1 Å². The average Bonchev–Trinajstić information content (AvgIpc) is 2.94. The summed E-state index contributed by atoms with van der Waals surface area (Å²) in [6.45, 7) is 2.21. The lowest BCUT2D eigenvalue weighted by Gasteiger charge is -2.48. The number of halogens is 18. The molecule has 0 amide bonds. The summed E-state index contributed by atoms with van der Waals surface area (Å²) in [5, 5.41) is -0.432. The highest BCUT2D eigenvalue weighted by atomic mass is 19.4. The molecule has 21 heteroatoms. The van der Waals surface area contributed by atoms with Gasteiger partial charge in [-0.05, 0) is 51.3 Å². The van der Waals surface area contributed by atoms with Gasteiger partial charge in [0.2, 0.25) is 0 Å². The van der Waals surface area contributed by atoms with Crippen LogP contribution in [-0.2, 0) is 10.4 Å². The van der Waals surface area contributed by atoms with Crippen molar-refractivity contribution < 1.29 is 88.6 Å². The maximum Gasteiger partial charge on any atom is 0.447 e. The summed E-state index contributed by atoms with van der Waals surface area (Å²) in [4.78, 5) is 3.76. The van der Waals surface area contributed by atoms with Crippen LogP contribution in [0.15, 0.2) is 24.3 Å². The molecule has 1 unspecified atom stereocenters. The number of hydrogen-bond donors (Lipinski definition) is 0. The molecule has 244 valence electrons. The fraction of sp³-hybridized carbons (Fsp3) is 0.714. The first-order chi connectivity index (χ1) is 18.2. The highest BCUT2D eigenvalue weighted by molar-refractivity contribution is 5.35. The summed E-state index contributed by atoms with van der Waals surface area (Å²) in [5.74, 6) is -1.89. The van der Waals surface area contributed by atoms with E-state index in [0.717, 1.165) is 13.8 Å². The van der Waals surface area contributed by atoms with Gasteiger partial charge in [-0.3, -0.25) is 4.84 Å². The van der Waals surface area contributed by atoms with Gasteiger partial charge < -0.3 is 4.74 Å². The van der Waals surface area contributed by atoms with Crippen LogP contribution in [0.3, 0.4) is 0 Å². The minimum Gasteiger partial charge on any atom is -0.462 e. The van der Waals surface area contributed by atoms with Crippen LogP contribution in [0.2, 0.25) is 0 Å². The summed E-state index contributed by atoms with van der Waals surface area (Å²) in [6, 6.07) is 1.09. The number of rotatable bonds is 5. The van der Waals surface area contributed by atoms with E-state index in [4.69, 9.17) is 0 Å². The SMILES string of the molecule is CC1(C)CCC(C)(c2cccc(OC(C(F)(F)F)(C(F)(F)F)C(F)(F)F)c2)N1OC(C(F)(F)F)(C(F)(F)F)C(F)(F)F. The molecular formula is C21H17F18NO2. The summed E-state index contributed by atoms with van der Waals surface area (Å²) < 4.78 is 245. The largest absolute Gasteiger partial charge is 0.462 e. The van der Waals surface area contributed by atoms with E-state index in [9.17, 15) is 79.0 Å². The number of benzene rings is 1. The molecule has 0 N–H and O–H groups in total. The highest BCUT2D eigenvalue weighted by Gasteiger charge is 2.88. The van der Waals surface area contributed by atoms with Crippen molar-refractivity contribution in [2.75, 3.05) is 0 Å². The molecule has 0 bridgehead atoms. The van der Waals surface area contributed by atoms with E-state index in [-0.39, 0.29) is 12.1 Å². The van der Waals surface area contributed by atoms with Gasteiger partial charge in [0.15, 0.2) is 0 Å². The zero-order valence-electron chi connectivity index (χ0n) is 20.8. The lowest BCUT2D eigenvalue weighted by atomic mass is 9.90. The topological polar surface area (TPSA) is 21.7 Å². The van der Waals surface area contributed by atoms with E-state index in [1.165, 1.54) is 0 Å². The zero-order valence-corrected chi connectivity index (χ0v) is 20.8. The van der Waals surface area contributed by atoms with E-state index in [2.05, 4.69) is 9.57 Å². The Hall–Kier alpha value is -2.32. The summed E-state index contributed by atoms with van der Waals surface area (Å²) >= 11 is 0. The Morgan fingerprint density at radius 3 is 1.31 bits per heavy atom. The molecule has 42 heavy (non-hydrogen) atoms. The van der Waals surface area contributed by atoms with Gasteiger partial charge in [-0.15, -0.1) is 0 Å². The fourth-order valence-corrected chi connectivity index (χ4v) is 4.41. The van der Waals surface area contributed by atoms with Gasteiger partial charge in [-0.2, -0.15) is 84.1 Å². The predicted octanol–water partition coefficient (Wildman–Crippen LogP) is 8.94. The predicted molar refractivity (Wildman–Crippen MR) is 102 cm³/mol. The molecule has 1 aromatic rings. The molecule has 0 saturated carbocycles. The number of hydroxylamine groups is 2. The van der Waals surface area contributed by atoms with Crippen molar-refractivity contribution in [3.63, 3.8) is 0 Å². The van der Waals surface area contributed by atoms with Crippen LogP contribution < -0.4 is 4.74 Å². The van der Waals surface area contributed by atoms with Crippen molar-refractivity contribution in [2.24, 2.45) is 0 Å². The molecule has 0 aliphatic carbocycles. The van der Waals surface area contributed by atoms with Crippen LogP contribution in [0.25, 0.3) is 0 Å². The number of alkyl halides is 18. The van der Waals surface area contributed by atoms with Crippen LogP contribution in [0.4, 0.5) is 79.0 Å². The molecule has 0 spiro atoms. The second-order valence-corrected chi connectivity index (χ2v) is 9.95. The summed E-state index contributed by atoms with van der Waals surface area (Å²) in [6.07, 6.45) is -44.7. The van der Waals surface area contributed by atoms with Crippen molar-refractivity contribution in [3.8, 4) is 5.75 Å². The Morgan fingerprint density at radius 2 is 0.952 bits per heavy atom. The first kappa shape index (κ1) is 35.9. The smallest absolute Gasteiger partial charge is 0.447 e. The Kier molecular flexibility index (Phi) is 8.41. The molecule has 1 fully saturated rings. The van der Waals surface area contributed by atoms with E-state index in [1.807, 2.05) is 0 Å². The Morgan fingerprint density at radius 1 is 0.571 bits per heavy atom. The van der Waals surface area contributed by atoms with Gasteiger partial charge in [0.25, 0.3) is 0 Å². The summed E-state index contributed by atoms with van der Waals surface area (Å²) in [5.41, 5.74) is -19.5. The molecule has 1 saturated heterocycles. The van der Waals surface area contributed by atoms with Crippen molar-refractivity contribution in [1.82, 2.24) is 5.06 Å². The number of nitrogens with zero attached hydrogens (tertiary/aromatic N) is 1. The Bertz CT molecular complexity index is 1050. The monoisotopic (exact) mass is 657 g/mol. The number of hydrogen-bond acceptors (Lipinski definition) is 3. The van der Waals surface area contributed by atoms with Gasteiger partial charge >= 0.3 is 48.3 Å². The molecule has 3 nitrogen and oxygen atoms in total. The molecule has 0 radical (unpaired) electrons. The van der Waals surface area contributed by atoms with Crippen LogP contribution in [0, 0.1) is 0 Å². The third-order valence-corrected chi connectivity index (χ3v) is 6.57. The van der Waals surface area contributed by atoms with Crippen LogP contribution in [-0.4, -0.2) is 58.9 Å². The zero-order chi connectivity index (χ0) is 33.4. The van der Waals surface area contributed by atoms with Crippen molar-refractivity contribution in [1.29, 1.82) is 0 Å². The highest BCUT2D eigenvalue weighted by Crippen LogP contribution is 2.59. The third-order valence-electron chi connectivity index (χ3n) is 6.57. The van der Waals surface area contributed by atoms with E-state index in [1.54, 1.807) is 0 Å². The Labute approximate surface area is 223 Å².